The highest BCUT2D eigenvalue weighted by molar-refractivity contribution is 5.82. The molecule has 2 nitrogen and oxygen atoms in total. The van der Waals surface area contributed by atoms with Crippen LogP contribution in [0.1, 0.15) is 13.3 Å². The fraction of sp³-hybridized carbons (Fsp3) is 0.875. The molecule has 0 spiro atoms. The first-order chi connectivity index (χ1) is 6.30. The van der Waals surface area contributed by atoms with Gasteiger partial charge in [0, 0.05) is 6.54 Å². The van der Waals surface area contributed by atoms with Gasteiger partial charge in [-0.05, 0) is 12.3 Å². The molecule has 1 fully saturated rings. The Labute approximate surface area is 78.9 Å². The Balaban J connectivity index is 2.64. The Morgan fingerprint density at radius 2 is 1.93 bits per heavy atom. The molecule has 1 aliphatic heterocycles. The van der Waals surface area contributed by atoms with Crippen molar-refractivity contribution in [1.29, 1.82) is 0 Å². The average molecular weight is 213 g/mol. The Hall–Kier alpha value is -0.810. The molecule has 1 amide bonds. The third-order valence-corrected chi connectivity index (χ3v) is 2.14. The molecule has 0 aliphatic carbocycles. The molecule has 0 N–H and O–H groups in total. The van der Waals surface area contributed by atoms with Crippen LogP contribution in [0, 0.1) is 5.92 Å². The maximum absolute atomic E-state index is 12.9. The van der Waals surface area contributed by atoms with E-state index in [1.54, 1.807) is 6.92 Å². The third kappa shape index (κ3) is 2.59. The first-order valence-corrected chi connectivity index (χ1v) is 4.31. The largest absolute Gasteiger partial charge is 0.471 e. The number of amides is 1. The summed E-state index contributed by atoms with van der Waals surface area (Å²) in [5, 5.41) is 0. The van der Waals surface area contributed by atoms with Crippen LogP contribution < -0.4 is 0 Å². The lowest BCUT2D eigenvalue weighted by Gasteiger charge is -2.33. The number of carbonyl (C=O) groups is 1. The zero-order valence-electron chi connectivity index (χ0n) is 7.64. The fourth-order valence-electron chi connectivity index (χ4n) is 1.62. The van der Waals surface area contributed by atoms with Crippen molar-refractivity contribution in [2.24, 2.45) is 5.92 Å². The van der Waals surface area contributed by atoms with Crippen molar-refractivity contribution in [3.05, 3.63) is 0 Å². The molecule has 0 saturated carbocycles. The molecule has 0 aromatic heterocycles. The topological polar surface area (TPSA) is 20.3 Å². The minimum atomic E-state index is -4.89. The number of carbonyl (C=O) groups excluding carboxylic acids is 1. The second-order valence-corrected chi connectivity index (χ2v) is 3.65. The van der Waals surface area contributed by atoms with Gasteiger partial charge in [0.05, 0.1) is 6.54 Å². The van der Waals surface area contributed by atoms with Crippen molar-refractivity contribution in [2.75, 3.05) is 13.1 Å². The highest BCUT2D eigenvalue weighted by atomic mass is 19.4. The summed E-state index contributed by atoms with van der Waals surface area (Å²) < 4.78 is 48.8. The Morgan fingerprint density at radius 1 is 1.36 bits per heavy atom. The second-order valence-electron chi connectivity index (χ2n) is 3.65. The Kier molecular flexibility index (Phi) is 3.01. The molecule has 0 aromatic rings. The van der Waals surface area contributed by atoms with E-state index in [0.29, 0.717) is 4.90 Å². The van der Waals surface area contributed by atoms with E-state index in [0.717, 1.165) is 0 Å². The van der Waals surface area contributed by atoms with Gasteiger partial charge < -0.3 is 4.90 Å². The number of hydrogen-bond acceptors (Lipinski definition) is 1. The number of hydrogen-bond donors (Lipinski definition) is 0. The van der Waals surface area contributed by atoms with Crippen LogP contribution in [0.2, 0.25) is 0 Å². The van der Waals surface area contributed by atoms with Crippen molar-refractivity contribution in [1.82, 2.24) is 4.90 Å². The number of alkyl halides is 4. The van der Waals surface area contributed by atoms with Crippen molar-refractivity contribution in [3.8, 4) is 0 Å². The molecule has 82 valence electrons. The van der Waals surface area contributed by atoms with Crippen LogP contribution in [0.4, 0.5) is 17.6 Å². The summed E-state index contributed by atoms with van der Waals surface area (Å²) in [6.07, 6.45) is -6.01. The highest BCUT2D eigenvalue weighted by Crippen LogP contribution is 2.24. The number of likely N-dealkylation sites (tertiary alicyclic amines) is 1. The molecule has 14 heavy (non-hydrogen) atoms. The van der Waals surface area contributed by atoms with Gasteiger partial charge in [0.2, 0.25) is 0 Å². The maximum atomic E-state index is 12.9. The normalized spacial score (nSPS) is 29.1. The minimum Gasteiger partial charge on any atom is -0.332 e. The smallest absolute Gasteiger partial charge is 0.332 e. The van der Waals surface area contributed by atoms with E-state index in [4.69, 9.17) is 0 Å². The summed E-state index contributed by atoms with van der Waals surface area (Å²) in [6.45, 7) is 1.17. The molecular formula is C8H11F4NO. The standard InChI is InChI=1S/C8H11F4NO/c1-5-2-6(9)4-13(3-5)7(14)8(10,11)12/h5-6H,2-4H2,1H3/t5-,6+/m1/s1. The SMILES string of the molecule is C[C@@H]1C[C@H](F)CN(C(=O)C(F)(F)F)C1. The van der Waals surface area contributed by atoms with Gasteiger partial charge in [0.15, 0.2) is 0 Å². The molecule has 0 aromatic carbocycles. The fourth-order valence-corrected chi connectivity index (χ4v) is 1.62. The lowest BCUT2D eigenvalue weighted by molar-refractivity contribution is -0.188. The summed E-state index contributed by atoms with van der Waals surface area (Å²) >= 11 is 0. The van der Waals surface area contributed by atoms with Gasteiger partial charge >= 0.3 is 12.1 Å². The summed E-state index contributed by atoms with van der Waals surface area (Å²) in [5.41, 5.74) is 0. The van der Waals surface area contributed by atoms with Gasteiger partial charge in [-0.3, -0.25) is 4.79 Å². The van der Waals surface area contributed by atoms with E-state index in [2.05, 4.69) is 0 Å². The monoisotopic (exact) mass is 213 g/mol. The second kappa shape index (κ2) is 3.74. The van der Waals surface area contributed by atoms with Crippen LogP contribution in [0.25, 0.3) is 0 Å². The van der Waals surface area contributed by atoms with E-state index in [1.165, 1.54) is 0 Å². The van der Waals surface area contributed by atoms with E-state index in [-0.39, 0.29) is 18.9 Å². The van der Waals surface area contributed by atoms with Crippen molar-refractivity contribution >= 4 is 5.91 Å². The first-order valence-electron chi connectivity index (χ1n) is 4.31. The molecule has 1 heterocycles. The first kappa shape index (κ1) is 11.3. The molecule has 2 atom stereocenters. The van der Waals surface area contributed by atoms with Gasteiger partial charge in [-0.15, -0.1) is 0 Å². The molecule has 1 rings (SSSR count). The average Bonchev–Trinajstić information content (AvgIpc) is 1.99. The lowest BCUT2D eigenvalue weighted by atomic mass is 9.99. The predicted molar refractivity (Wildman–Crippen MR) is 41.3 cm³/mol. The van der Waals surface area contributed by atoms with Crippen LogP contribution in [-0.2, 0) is 4.79 Å². The quantitative estimate of drug-likeness (QED) is 0.561. The molecule has 0 unspecified atom stereocenters. The summed E-state index contributed by atoms with van der Waals surface area (Å²) in [7, 11) is 0. The van der Waals surface area contributed by atoms with Gasteiger partial charge in [-0.1, -0.05) is 6.92 Å². The van der Waals surface area contributed by atoms with Gasteiger partial charge in [0.1, 0.15) is 6.17 Å². The Bertz CT molecular complexity index is 218. The van der Waals surface area contributed by atoms with Crippen molar-refractivity contribution in [3.63, 3.8) is 0 Å². The lowest BCUT2D eigenvalue weighted by Crippen LogP contribution is -2.49. The number of halogens is 4. The van der Waals surface area contributed by atoms with Crippen LogP contribution in [0.5, 0.6) is 0 Å². The van der Waals surface area contributed by atoms with Gasteiger partial charge in [-0.2, -0.15) is 13.2 Å². The molecular weight excluding hydrogens is 202 g/mol. The molecule has 0 bridgehead atoms. The van der Waals surface area contributed by atoms with Gasteiger partial charge in [-0.25, -0.2) is 4.39 Å². The predicted octanol–water partition coefficient (Wildman–Crippen LogP) is 1.76. The molecule has 0 radical (unpaired) electrons. The molecule has 6 heteroatoms. The summed E-state index contributed by atoms with van der Waals surface area (Å²) in [5.74, 6) is -2.16. The van der Waals surface area contributed by atoms with Crippen LogP contribution in [0.15, 0.2) is 0 Å². The molecule has 1 saturated heterocycles. The van der Waals surface area contributed by atoms with Crippen molar-refractivity contribution in [2.45, 2.75) is 25.7 Å². The van der Waals surface area contributed by atoms with E-state index >= 15 is 0 Å². The van der Waals surface area contributed by atoms with Crippen LogP contribution >= 0.6 is 0 Å². The van der Waals surface area contributed by atoms with Crippen molar-refractivity contribution < 1.29 is 22.4 Å². The zero-order valence-corrected chi connectivity index (χ0v) is 7.64. The van der Waals surface area contributed by atoms with E-state index < -0.39 is 24.8 Å². The maximum Gasteiger partial charge on any atom is 0.471 e. The third-order valence-electron chi connectivity index (χ3n) is 2.14. The number of rotatable bonds is 0. The van der Waals surface area contributed by atoms with Gasteiger partial charge in [0.25, 0.3) is 0 Å². The number of piperidine rings is 1. The zero-order chi connectivity index (χ0) is 10.9. The van der Waals surface area contributed by atoms with Crippen LogP contribution in [-0.4, -0.2) is 36.2 Å². The van der Waals surface area contributed by atoms with E-state index in [1.807, 2.05) is 0 Å². The Morgan fingerprint density at radius 3 is 2.36 bits per heavy atom. The minimum absolute atomic E-state index is 0.0151. The highest BCUT2D eigenvalue weighted by Gasteiger charge is 2.44. The van der Waals surface area contributed by atoms with Crippen LogP contribution in [0.3, 0.4) is 0 Å². The molecule has 1 aliphatic rings. The number of nitrogens with zero attached hydrogens (tertiary/aromatic N) is 1. The summed E-state index contributed by atoms with van der Waals surface area (Å²) in [4.78, 5) is 11.3. The van der Waals surface area contributed by atoms with E-state index in [9.17, 15) is 22.4 Å². The summed E-state index contributed by atoms with van der Waals surface area (Å²) in [6, 6.07) is 0.